The Labute approximate surface area is 159 Å². The van der Waals surface area contributed by atoms with Crippen LogP contribution in [0.4, 0.5) is 4.39 Å². The molecule has 0 aliphatic carbocycles. The van der Waals surface area contributed by atoms with Gasteiger partial charge < -0.3 is 15.1 Å². The molecule has 0 aromatic heterocycles. The Hall–Kier alpha value is -1.95. The molecule has 0 radical (unpaired) electrons. The van der Waals surface area contributed by atoms with Crippen molar-refractivity contribution in [3.8, 4) is 0 Å². The number of nitrogens with one attached hydrogen (secondary N) is 1. The van der Waals surface area contributed by atoms with Crippen molar-refractivity contribution >= 4 is 11.8 Å². The molecule has 0 bridgehead atoms. The summed E-state index contributed by atoms with van der Waals surface area (Å²) < 4.78 is 13.1. The highest BCUT2D eigenvalue weighted by Crippen LogP contribution is 2.44. The highest BCUT2D eigenvalue weighted by molar-refractivity contribution is 5.94. The largest absolute Gasteiger partial charge is 0.350 e. The molecule has 146 valence electrons. The van der Waals surface area contributed by atoms with Crippen molar-refractivity contribution in [3.05, 3.63) is 35.6 Å². The van der Waals surface area contributed by atoms with Crippen LogP contribution in [0, 0.1) is 17.7 Å². The van der Waals surface area contributed by atoms with Gasteiger partial charge in [-0.3, -0.25) is 9.59 Å². The van der Waals surface area contributed by atoms with Gasteiger partial charge in [0, 0.05) is 43.2 Å². The zero-order valence-electron chi connectivity index (χ0n) is 15.9. The first kappa shape index (κ1) is 18.4. The number of likely N-dealkylation sites (tertiary alicyclic amines) is 2. The van der Waals surface area contributed by atoms with Gasteiger partial charge in [-0.15, -0.1) is 0 Å². The predicted molar refractivity (Wildman–Crippen MR) is 101 cm³/mol. The number of carbonyl (C=O) groups excluding carboxylic acids is 2. The summed E-state index contributed by atoms with van der Waals surface area (Å²) in [6, 6.07) is 5.73. The Balaban J connectivity index is 1.41. The lowest BCUT2D eigenvalue weighted by Crippen LogP contribution is -2.56. The van der Waals surface area contributed by atoms with E-state index in [9.17, 15) is 14.0 Å². The van der Waals surface area contributed by atoms with Crippen LogP contribution in [0.3, 0.4) is 0 Å². The normalized spacial score (nSPS) is 27.0. The van der Waals surface area contributed by atoms with Crippen molar-refractivity contribution in [2.45, 2.75) is 38.1 Å². The van der Waals surface area contributed by atoms with Gasteiger partial charge in [0.25, 0.3) is 5.91 Å². The van der Waals surface area contributed by atoms with E-state index in [0.29, 0.717) is 24.6 Å². The van der Waals surface area contributed by atoms with Gasteiger partial charge in [0.05, 0.1) is 5.92 Å². The average molecular weight is 373 g/mol. The molecule has 0 saturated carbocycles. The third kappa shape index (κ3) is 3.35. The van der Waals surface area contributed by atoms with Crippen LogP contribution in [0.5, 0.6) is 0 Å². The van der Waals surface area contributed by atoms with Gasteiger partial charge in [0.15, 0.2) is 0 Å². The molecule has 27 heavy (non-hydrogen) atoms. The number of hydrogen-bond acceptors (Lipinski definition) is 3. The molecule has 2 atom stereocenters. The van der Waals surface area contributed by atoms with E-state index in [2.05, 4.69) is 17.1 Å². The average Bonchev–Trinajstić information content (AvgIpc) is 3.21. The van der Waals surface area contributed by atoms with Crippen LogP contribution in [-0.2, 0) is 4.79 Å². The third-order valence-electron chi connectivity index (χ3n) is 6.68. The van der Waals surface area contributed by atoms with E-state index in [1.165, 1.54) is 37.1 Å². The quantitative estimate of drug-likeness (QED) is 0.881. The van der Waals surface area contributed by atoms with Crippen LogP contribution in [-0.4, -0.2) is 59.9 Å². The number of unbranched alkanes of at least 4 members (excludes halogenated alkanes) is 1. The monoisotopic (exact) mass is 373 g/mol. The van der Waals surface area contributed by atoms with E-state index >= 15 is 0 Å². The van der Waals surface area contributed by atoms with Crippen LogP contribution in [0.2, 0.25) is 0 Å². The van der Waals surface area contributed by atoms with Crippen LogP contribution >= 0.6 is 0 Å². The number of fused-ring (bicyclic) bond motifs is 2. The number of amides is 2. The molecule has 1 N–H and O–H groups in total. The van der Waals surface area contributed by atoms with E-state index < -0.39 is 0 Å². The molecule has 3 aliphatic heterocycles. The Morgan fingerprint density at radius 3 is 2.59 bits per heavy atom. The van der Waals surface area contributed by atoms with Crippen molar-refractivity contribution in [1.82, 2.24) is 15.1 Å². The molecule has 1 spiro atoms. The van der Waals surface area contributed by atoms with Gasteiger partial charge in [-0.05, 0) is 50.1 Å². The van der Waals surface area contributed by atoms with Crippen LogP contribution in [0.1, 0.15) is 43.0 Å². The van der Waals surface area contributed by atoms with Gasteiger partial charge in [0.2, 0.25) is 5.91 Å². The number of hydrogen-bond donors (Lipinski definition) is 1. The van der Waals surface area contributed by atoms with Gasteiger partial charge >= 0.3 is 0 Å². The van der Waals surface area contributed by atoms with Crippen LogP contribution in [0.15, 0.2) is 24.3 Å². The molecule has 4 rings (SSSR count). The summed E-state index contributed by atoms with van der Waals surface area (Å²) >= 11 is 0. The van der Waals surface area contributed by atoms with E-state index in [-0.39, 0.29) is 29.1 Å². The maximum atomic E-state index is 13.1. The Morgan fingerprint density at radius 1 is 1.22 bits per heavy atom. The maximum absolute atomic E-state index is 13.1. The van der Waals surface area contributed by atoms with Gasteiger partial charge in [-0.2, -0.15) is 0 Å². The molecule has 3 heterocycles. The summed E-state index contributed by atoms with van der Waals surface area (Å²) in [6.07, 6.45) is 3.94. The van der Waals surface area contributed by atoms with E-state index in [4.69, 9.17) is 0 Å². The molecule has 3 saturated heterocycles. The minimum absolute atomic E-state index is 0.0540. The number of rotatable bonds is 4. The topological polar surface area (TPSA) is 52.7 Å². The molecule has 1 aromatic rings. The fraction of sp³-hybridized carbons (Fsp3) is 0.619. The van der Waals surface area contributed by atoms with Crippen LogP contribution in [0.25, 0.3) is 0 Å². The van der Waals surface area contributed by atoms with Gasteiger partial charge in [-0.1, -0.05) is 13.3 Å². The first-order valence-electron chi connectivity index (χ1n) is 10.1. The van der Waals surface area contributed by atoms with Crippen molar-refractivity contribution in [2.75, 3.05) is 32.7 Å². The first-order chi connectivity index (χ1) is 13.0. The smallest absolute Gasteiger partial charge is 0.253 e. The second-order valence-corrected chi connectivity index (χ2v) is 8.27. The van der Waals surface area contributed by atoms with Crippen molar-refractivity contribution in [1.29, 1.82) is 0 Å². The van der Waals surface area contributed by atoms with E-state index in [1.807, 2.05) is 4.90 Å². The summed E-state index contributed by atoms with van der Waals surface area (Å²) in [5, 5.41) is 3.30. The minimum atomic E-state index is -0.335. The fourth-order valence-corrected chi connectivity index (χ4v) is 5.09. The van der Waals surface area contributed by atoms with E-state index in [0.717, 1.165) is 32.5 Å². The molecule has 0 unspecified atom stereocenters. The predicted octanol–water partition coefficient (Wildman–Crippen LogP) is 2.28. The molecule has 3 fully saturated rings. The van der Waals surface area contributed by atoms with E-state index in [1.54, 1.807) is 0 Å². The molecular formula is C21H28FN3O2. The molecular weight excluding hydrogens is 345 g/mol. The lowest BCUT2D eigenvalue weighted by atomic mass is 9.75. The summed E-state index contributed by atoms with van der Waals surface area (Å²) in [7, 11) is 0. The zero-order chi connectivity index (χ0) is 19.0. The molecule has 1 aromatic carbocycles. The second-order valence-electron chi connectivity index (χ2n) is 8.27. The standard InChI is InChI=1S/C21H28FN3O2/c1-2-3-10-24-13-17-18(14-24)21(23-19(17)26)8-11-25(12-9-21)20(27)15-4-6-16(22)7-5-15/h4-7,17-18H,2-3,8-14H2,1H3,(H,23,26)/t17-,18+/m1/s1. The number of piperidine rings is 1. The summed E-state index contributed by atoms with van der Waals surface area (Å²) in [4.78, 5) is 29.5. The van der Waals surface area contributed by atoms with Gasteiger partial charge in [0.1, 0.15) is 5.82 Å². The van der Waals surface area contributed by atoms with Crippen molar-refractivity contribution in [2.24, 2.45) is 11.8 Å². The second kappa shape index (κ2) is 7.23. The molecule has 2 amide bonds. The number of nitrogens with zero attached hydrogens (tertiary/aromatic N) is 2. The molecule has 3 aliphatic rings. The molecule has 5 nitrogen and oxygen atoms in total. The van der Waals surface area contributed by atoms with Crippen LogP contribution < -0.4 is 5.32 Å². The molecule has 6 heteroatoms. The lowest BCUT2D eigenvalue weighted by molar-refractivity contribution is -0.123. The van der Waals surface area contributed by atoms with Crippen molar-refractivity contribution < 1.29 is 14.0 Å². The fourth-order valence-electron chi connectivity index (χ4n) is 5.09. The number of halogens is 1. The minimum Gasteiger partial charge on any atom is -0.350 e. The lowest BCUT2D eigenvalue weighted by Gasteiger charge is -2.42. The Kier molecular flexibility index (Phi) is 4.93. The van der Waals surface area contributed by atoms with Crippen molar-refractivity contribution in [3.63, 3.8) is 0 Å². The number of benzene rings is 1. The Bertz CT molecular complexity index is 713. The zero-order valence-corrected chi connectivity index (χ0v) is 15.9. The highest BCUT2D eigenvalue weighted by Gasteiger charge is 2.57. The first-order valence-corrected chi connectivity index (χ1v) is 10.1. The number of carbonyl (C=O) groups is 2. The summed E-state index contributed by atoms with van der Waals surface area (Å²) in [5.41, 5.74) is 0.356. The SMILES string of the molecule is CCCCN1C[C@H]2C(=O)NC3(CCN(C(=O)c4ccc(F)cc4)CC3)[C@H]2C1. The van der Waals surface area contributed by atoms with Gasteiger partial charge in [-0.25, -0.2) is 4.39 Å². The summed E-state index contributed by atoms with van der Waals surface area (Å²) in [6.45, 7) is 6.39. The highest BCUT2D eigenvalue weighted by atomic mass is 19.1. The summed E-state index contributed by atoms with van der Waals surface area (Å²) in [5.74, 6) is 0.253. The Morgan fingerprint density at radius 2 is 1.93 bits per heavy atom. The third-order valence-corrected chi connectivity index (χ3v) is 6.68. The maximum Gasteiger partial charge on any atom is 0.253 e.